The van der Waals surface area contributed by atoms with Crippen LogP contribution in [0.5, 0.6) is 0 Å². The molecule has 0 aliphatic rings. The van der Waals surface area contributed by atoms with Gasteiger partial charge in [0.2, 0.25) is 0 Å². The molecule has 2 rings (SSSR count). The summed E-state index contributed by atoms with van der Waals surface area (Å²) in [5.41, 5.74) is 0.0322. The molecule has 0 radical (unpaired) electrons. The van der Waals surface area contributed by atoms with Crippen LogP contribution in [0.1, 0.15) is 17.9 Å². The second-order valence-corrected chi connectivity index (χ2v) is 6.13. The van der Waals surface area contributed by atoms with Gasteiger partial charge in [-0.3, -0.25) is 14.8 Å². The lowest BCUT2D eigenvalue weighted by Crippen LogP contribution is -1.87. The van der Waals surface area contributed by atoms with Crippen LogP contribution in [0.25, 0.3) is 0 Å². The molecule has 0 bridgehead atoms. The molecule has 0 saturated carbocycles. The average Bonchev–Trinajstić information content (AvgIpc) is 2.85. The number of nitrogens with zero attached hydrogens (tertiary/aromatic N) is 3. The molecule has 0 saturated heterocycles. The molecule has 0 aliphatic heterocycles. The zero-order chi connectivity index (χ0) is 13.3. The molecule has 0 aliphatic carbocycles. The number of thiophene rings is 1. The smallest absolute Gasteiger partial charge is 0.294 e. The number of aromatic nitrogens is 2. The third kappa shape index (κ3) is 2.71. The van der Waals surface area contributed by atoms with E-state index >= 15 is 0 Å². The molecule has 18 heavy (non-hydrogen) atoms. The van der Waals surface area contributed by atoms with Gasteiger partial charge in [0.05, 0.1) is 22.1 Å². The van der Waals surface area contributed by atoms with Crippen molar-refractivity contribution in [2.24, 2.45) is 7.05 Å². The third-order valence-corrected chi connectivity index (χ3v) is 4.63. The molecule has 0 fully saturated rings. The summed E-state index contributed by atoms with van der Waals surface area (Å²) in [5, 5.41) is 24.4. The maximum absolute atomic E-state index is 10.9. The number of aliphatic hydroxyl groups excluding tert-OH is 1. The molecule has 6 nitrogen and oxygen atoms in total. The molecule has 0 aromatic carbocycles. The van der Waals surface area contributed by atoms with Crippen LogP contribution in [0.15, 0.2) is 27.6 Å². The van der Waals surface area contributed by atoms with Crippen molar-refractivity contribution in [1.29, 1.82) is 0 Å². The topological polar surface area (TPSA) is 81.2 Å². The Morgan fingerprint density at radius 2 is 2.39 bits per heavy atom. The number of hydrogen-bond donors (Lipinski definition) is 1. The van der Waals surface area contributed by atoms with Crippen LogP contribution >= 0.6 is 23.1 Å². The number of aliphatic hydroxyl groups is 1. The third-order valence-electron chi connectivity index (χ3n) is 2.20. The predicted octanol–water partition coefficient (Wildman–Crippen LogP) is 2.59. The lowest BCUT2D eigenvalue weighted by atomic mass is 10.3. The van der Waals surface area contributed by atoms with E-state index in [0.717, 1.165) is 4.90 Å². The van der Waals surface area contributed by atoms with Gasteiger partial charge in [0, 0.05) is 24.2 Å². The van der Waals surface area contributed by atoms with Gasteiger partial charge in [-0.05, 0) is 6.92 Å². The second kappa shape index (κ2) is 5.09. The summed E-state index contributed by atoms with van der Waals surface area (Å²) in [5.74, 6) is 0. The minimum atomic E-state index is -0.697. The van der Waals surface area contributed by atoms with Crippen LogP contribution < -0.4 is 0 Å². The summed E-state index contributed by atoms with van der Waals surface area (Å²) in [4.78, 5) is 11.9. The summed E-state index contributed by atoms with van der Waals surface area (Å²) in [6.07, 6.45) is 2.74. The summed E-state index contributed by atoms with van der Waals surface area (Å²) < 4.78 is 2.20. The van der Waals surface area contributed by atoms with Crippen LogP contribution in [0.4, 0.5) is 5.69 Å². The lowest BCUT2D eigenvalue weighted by Gasteiger charge is -1.96. The lowest BCUT2D eigenvalue weighted by molar-refractivity contribution is -0.387. The van der Waals surface area contributed by atoms with Crippen molar-refractivity contribution in [3.63, 3.8) is 0 Å². The number of nitro groups is 1. The van der Waals surface area contributed by atoms with E-state index in [1.54, 1.807) is 31.0 Å². The van der Waals surface area contributed by atoms with Crippen molar-refractivity contribution in [2.45, 2.75) is 22.1 Å². The largest absolute Gasteiger partial charge is 0.388 e. The second-order valence-electron chi connectivity index (χ2n) is 3.71. The first-order chi connectivity index (χ1) is 8.47. The first kappa shape index (κ1) is 13.1. The summed E-state index contributed by atoms with van der Waals surface area (Å²) in [6, 6.07) is 1.42. The molecule has 1 atom stereocenters. The zero-order valence-corrected chi connectivity index (χ0v) is 11.4. The highest BCUT2D eigenvalue weighted by Gasteiger charge is 2.22. The van der Waals surface area contributed by atoms with E-state index in [-0.39, 0.29) is 5.69 Å². The number of aryl methyl sites for hydroxylation is 1. The molecule has 0 spiro atoms. The average molecular weight is 285 g/mol. The Morgan fingerprint density at radius 1 is 1.67 bits per heavy atom. The molecule has 0 amide bonds. The Labute approximate surface area is 111 Å². The van der Waals surface area contributed by atoms with Crippen molar-refractivity contribution < 1.29 is 10.0 Å². The summed E-state index contributed by atoms with van der Waals surface area (Å²) in [6.45, 7) is 1.59. The Morgan fingerprint density at radius 3 is 2.89 bits per heavy atom. The molecule has 8 heteroatoms. The molecule has 2 aromatic rings. The van der Waals surface area contributed by atoms with Gasteiger partial charge in [-0.1, -0.05) is 11.8 Å². The van der Waals surface area contributed by atoms with Gasteiger partial charge in [0.15, 0.2) is 0 Å². The van der Waals surface area contributed by atoms with Gasteiger partial charge >= 0.3 is 0 Å². The minimum absolute atomic E-state index is 0.0322. The van der Waals surface area contributed by atoms with Crippen LogP contribution in [-0.4, -0.2) is 19.8 Å². The van der Waals surface area contributed by atoms with Crippen molar-refractivity contribution in [2.75, 3.05) is 0 Å². The molecule has 96 valence electrons. The van der Waals surface area contributed by atoms with Crippen LogP contribution in [0, 0.1) is 10.1 Å². The number of rotatable bonds is 4. The van der Waals surface area contributed by atoms with Crippen molar-refractivity contribution in [1.82, 2.24) is 9.78 Å². The highest BCUT2D eigenvalue weighted by atomic mass is 32.2. The number of hydrogen-bond acceptors (Lipinski definition) is 6. The van der Waals surface area contributed by atoms with E-state index in [9.17, 15) is 15.2 Å². The van der Waals surface area contributed by atoms with E-state index in [1.165, 1.54) is 29.2 Å². The molecular weight excluding hydrogens is 274 g/mol. The SMILES string of the molecule is CC(O)c1cc([N+](=O)[O-])c(Sc2cnn(C)c2)s1. The monoisotopic (exact) mass is 285 g/mol. The van der Waals surface area contributed by atoms with Crippen LogP contribution in [0.2, 0.25) is 0 Å². The van der Waals surface area contributed by atoms with Crippen molar-refractivity contribution in [3.05, 3.63) is 33.5 Å². The van der Waals surface area contributed by atoms with E-state index in [1.807, 2.05) is 0 Å². The molecule has 2 aromatic heterocycles. The van der Waals surface area contributed by atoms with Gasteiger partial charge < -0.3 is 5.11 Å². The summed E-state index contributed by atoms with van der Waals surface area (Å²) in [7, 11) is 1.79. The van der Waals surface area contributed by atoms with Gasteiger partial charge in [-0.15, -0.1) is 11.3 Å². The normalized spacial score (nSPS) is 12.6. The first-order valence-electron chi connectivity index (χ1n) is 5.10. The molecule has 1 N–H and O–H groups in total. The Hall–Kier alpha value is -1.38. The predicted molar refractivity (Wildman–Crippen MR) is 68.9 cm³/mol. The van der Waals surface area contributed by atoms with E-state index in [2.05, 4.69) is 5.10 Å². The Kier molecular flexibility index (Phi) is 3.69. The van der Waals surface area contributed by atoms with Gasteiger partial charge in [-0.2, -0.15) is 5.10 Å². The zero-order valence-electron chi connectivity index (χ0n) is 9.73. The van der Waals surface area contributed by atoms with Gasteiger partial charge in [-0.25, -0.2) is 0 Å². The highest BCUT2D eigenvalue weighted by molar-refractivity contribution is 8.01. The Balaban J connectivity index is 2.33. The van der Waals surface area contributed by atoms with E-state index in [4.69, 9.17) is 0 Å². The minimum Gasteiger partial charge on any atom is -0.388 e. The molecule has 2 heterocycles. The fourth-order valence-corrected chi connectivity index (χ4v) is 3.64. The summed E-state index contributed by atoms with van der Waals surface area (Å²) >= 11 is 2.52. The Bertz CT molecular complexity index is 577. The molecule has 1 unspecified atom stereocenters. The van der Waals surface area contributed by atoms with Crippen molar-refractivity contribution >= 4 is 28.8 Å². The highest BCUT2D eigenvalue weighted by Crippen LogP contribution is 2.42. The maximum Gasteiger partial charge on any atom is 0.294 e. The maximum atomic E-state index is 10.9. The first-order valence-corrected chi connectivity index (χ1v) is 6.73. The van der Waals surface area contributed by atoms with E-state index in [0.29, 0.717) is 9.09 Å². The van der Waals surface area contributed by atoms with Crippen LogP contribution in [-0.2, 0) is 7.05 Å². The fourth-order valence-electron chi connectivity index (χ4n) is 1.35. The van der Waals surface area contributed by atoms with Crippen LogP contribution in [0.3, 0.4) is 0 Å². The van der Waals surface area contributed by atoms with Gasteiger partial charge in [0.25, 0.3) is 5.69 Å². The standard InChI is InChI=1S/C10H11N3O3S2/c1-6(14)9-3-8(13(15)16)10(18-9)17-7-4-11-12(2)5-7/h3-6,14H,1-2H3. The molecular formula is C10H11N3O3S2. The van der Waals surface area contributed by atoms with Gasteiger partial charge in [0.1, 0.15) is 4.21 Å². The fraction of sp³-hybridized carbons (Fsp3) is 0.300. The quantitative estimate of drug-likeness (QED) is 0.689. The van der Waals surface area contributed by atoms with Crippen molar-refractivity contribution in [3.8, 4) is 0 Å². The van der Waals surface area contributed by atoms with E-state index < -0.39 is 11.0 Å².